The Morgan fingerprint density at radius 3 is 2.53 bits per heavy atom. The molecule has 0 spiro atoms. The number of aliphatic carboxylic acids is 1. The molecule has 0 radical (unpaired) electrons. The molecule has 1 aromatic rings. The van der Waals surface area contributed by atoms with E-state index in [-0.39, 0.29) is 0 Å². The Balaban J connectivity index is 2.64. The SMILES string of the molecule is CCCCSc1ccc(/C(C)=C/C(=O)O)cc1. The van der Waals surface area contributed by atoms with Crippen LogP contribution in [0, 0.1) is 0 Å². The lowest BCUT2D eigenvalue weighted by Crippen LogP contribution is -1.90. The first-order valence-electron chi connectivity index (χ1n) is 5.78. The van der Waals surface area contributed by atoms with Gasteiger partial charge in [-0.05, 0) is 42.4 Å². The highest BCUT2D eigenvalue weighted by molar-refractivity contribution is 7.99. The quantitative estimate of drug-likeness (QED) is 0.470. The number of carboxylic acid groups (broad SMARTS) is 1. The number of carbonyl (C=O) groups is 1. The van der Waals surface area contributed by atoms with E-state index in [1.807, 2.05) is 30.8 Å². The van der Waals surface area contributed by atoms with Crippen LogP contribution in [0.4, 0.5) is 0 Å². The molecule has 0 aromatic heterocycles. The zero-order chi connectivity index (χ0) is 12.7. The molecule has 0 atom stereocenters. The number of hydrogen-bond donors (Lipinski definition) is 1. The number of benzene rings is 1. The van der Waals surface area contributed by atoms with E-state index >= 15 is 0 Å². The van der Waals surface area contributed by atoms with E-state index in [2.05, 4.69) is 19.1 Å². The molecule has 0 aliphatic heterocycles. The third-order valence-corrected chi connectivity index (χ3v) is 3.51. The van der Waals surface area contributed by atoms with Gasteiger partial charge in [-0.25, -0.2) is 4.79 Å². The van der Waals surface area contributed by atoms with Crippen molar-refractivity contribution >= 4 is 23.3 Å². The minimum Gasteiger partial charge on any atom is -0.478 e. The van der Waals surface area contributed by atoms with Gasteiger partial charge in [0.2, 0.25) is 0 Å². The van der Waals surface area contributed by atoms with Crippen molar-refractivity contribution in [2.45, 2.75) is 31.6 Å². The fourth-order valence-corrected chi connectivity index (χ4v) is 2.41. The summed E-state index contributed by atoms with van der Waals surface area (Å²) in [6, 6.07) is 8.05. The average Bonchev–Trinajstić information content (AvgIpc) is 2.29. The summed E-state index contributed by atoms with van der Waals surface area (Å²) in [6.07, 6.45) is 3.68. The maximum absolute atomic E-state index is 10.5. The summed E-state index contributed by atoms with van der Waals surface area (Å²) >= 11 is 1.84. The number of hydrogen-bond acceptors (Lipinski definition) is 2. The molecular weight excluding hydrogens is 232 g/mol. The molecule has 0 bridgehead atoms. The molecule has 1 aromatic carbocycles. The molecule has 0 aliphatic carbocycles. The molecule has 0 unspecified atom stereocenters. The zero-order valence-corrected chi connectivity index (χ0v) is 11.1. The second-order valence-corrected chi connectivity index (χ2v) is 5.06. The second kappa shape index (κ2) is 7.17. The maximum atomic E-state index is 10.5. The number of unbranched alkanes of at least 4 members (excludes halogenated alkanes) is 1. The second-order valence-electron chi connectivity index (χ2n) is 3.89. The van der Waals surface area contributed by atoms with Gasteiger partial charge in [0.05, 0.1) is 0 Å². The normalized spacial score (nSPS) is 11.5. The summed E-state index contributed by atoms with van der Waals surface area (Å²) < 4.78 is 0. The summed E-state index contributed by atoms with van der Waals surface area (Å²) in [6.45, 7) is 4.00. The first kappa shape index (κ1) is 13.8. The van der Waals surface area contributed by atoms with Crippen LogP contribution in [0.3, 0.4) is 0 Å². The van der Waals surface area contributed by atoms with Crippen molar-refractivity contribution in [2.75, 3.05) is 5.75 Å². The fourth-order valence-electron chi connectivity index (χ4n) is 1.42. The summed E-state index contributed by atoms with van der Waals surface area (Å²) in [5.41, 5.74) is 1.75. The minimum absolute atomic E-state index is 0.780. The Morgan fingerprint density at radius 1 is 1.35 bits per heavy atom. The molecule has 0 amide bonds. The highest BCUT2D eigenvalue weighted by Crippen LogP contribution is 2.22. The molecule has 17 heavy (non-hydrogen) atoms. The monoisotopic (exact) mass is 250 g/mol. The molecule has 0 aliphatic rings. The Kier molecular flexibility index (Phi) is 5.84. The molecule has 1 rings (SSSR count). The van der Waals surface area contributed by atoms with Crippen molar-refractivity contribution in [2.24, 2.45) is 0 Å². The van der Waals surface area contributed by atoms with Crippen LogP contribution in [0.25, 0.3) is 5.57 Å². The van der Waals surface area contributed by atoms with Gasteiger partial charge in [-0.1, -0.05) is 25.5 Å². The molecular formula is C14H18O2S. The van der Waals surface area contributed by atoms with E-state index in [1.165, 1.54) is 23.8 Å². The zero-order valence-electron chi connectivity index (χ0n) is 10.3. The highest BCUT2D eigenvalue weighted by Gasteiger charge is 1.99. The molecule has 92 valence electrons. The van der Waals surface area contributed by atoms with Crippen LogP contribution in [-0.2, 0) is 4.79 Å². The first-order chi connectivity index (χ1) is 8.13. The summed E-state index contributed by atoms with van der Waals surface area (Å²) in [4.78, 5) is 11.8. The van der Waals surface area contributed by atoms with Crippen molar-refractivity contribution in [1.82, 2.24) is 0 Å². The molecule has 0 heterocycles. The molecule has 3 heteroatoms. The summed E-state index contributed by atoms with van der Waals surface area (Å²) in [7, 11) is 0. The van der Waals surface area contributed by atoms with E-state index in [0.717, 1.165) is 16.9 Å². The predicted molar refractivity (Wildman–Crippen MR) is 73.4 cm³/mol. The predicted octanol–water partition coefficient (Wildman–Crippen LogP) is 4.07. The Hall–Kier alpha value is -1.22. The van der Waals surface area contributed by atoms with Gasteiger partial charge in [-0.3, -0.25) is 0 Å². The van der Waals surface area contributed by atoms with Gasteiger partial charge in [0.1, 0.15) is 0 Å². The molecule has 0 fully saturated rings. The van der Waals surface area contributed by atoms with Gasteiger partial charge in [-0.2, -0.15) is 0 Å². The van der Waals surface area contributed by atoms with Crippen molar-refractivity contribution in [3.63, 3.8) is 0 Å². The van der Waals surface area contributed by atoms with Gasteiger partial charge < -0.3 is 5.11 Å². The van der Waals surface area contributed by atoms with Gasteiger partial charge in [0.15, 0.2) is 0 Å². The van der Waals surface area contributed by atoms with Crippen molar-refractivity contribution in [3.8, 4) is 0 Å². The van der Waals surface area contributed by atoms with Crippen LogP contribution >= 0.6 is 11.8 Å². The first-order valence-corrected chi connectivity index (χ1v) is 6.76. The van der Waals surface area contributed by atoms with Crippen molar-refractivity contribution < 1.29 is 9.90 Å². The third kappa shape index (κ3) is 5.09. The average molecular weight is 250 g/mol. The molecule has 2 nitrogen and oxygen atoms in total. The Morgan fingerprint density at radius 2 is 2.00 bits per heavy atom. The lowest BCUT2D eigenvalue weighted by atomic mass is 10.1. The molecule has 0 saturated carbocycles. The van der Waals surface area contributed by atoms with Crippen molar-refractivity contribution in [3.05, 3.63) is 35.9 Å². The van der Waals surface area contributed by atoms with Gasteiger partial charge in [0, 0.05) is 11.0 Å². The topological polar surface area (TPSA) is 37.3 Å². The van der Waals surface area contributed by atoms with E-state index < -0.39 is 5.97 Å². The molecule has 0 saturated heterocycles. The summed E-state index contributed by atoms with van der Waals surface area (Å²) in [5.74, 6) is 0.240. The summed E-state index contributed by atoms with van der Waals surface area (Å²) in [5, 5.41) is 8.66. The number of carboxylic acids is 1. The Bertz CT molecular complexity index is 393. The fraction of sp³-hybridized carbons (Fsp3) is 0.357. The third-order valence-electron chi connectivity index (χ3n) is 2.42. The van der Waals surface area contributed by atoms with E-state index in [0.29, 0.717) is 0 Å². The lowest BCUT2D eigenvalue weighted by molar-refractivity contribution is -0.131. The minimum atomic E-state index is -0.899. The standard InChI is InChI=1S/C14H18O2S/c1-3-4-9-17-13-7-5-12(6-8-13)11(2)10-14(15)16/h5-8,10H,3-4,9H2,1-2H3,(H,15,16)/b11-10+. The Labute approximate surface area is 107 Å². The van der Waals surface area contributed by atoms with Crippen LogP contribution in [0.1, 0.15) is 32.3 Å². The number of rotatable bonds is 6. The molecule has 1 N–H and O–H groups in total. The van der Waals surface area contributed by atoms with Crippen LogP contribution in [0.15, 0.2) is 35.2 Å². The van der Waals surface area contributed by atoms with Crippen molar-refractivity contribution in [1.29, 1.82) is 0 Å². The largest absolute Gasteiger partial charge is 0.478 e. The van der Waals surface area contributed by atoms with Crippen LogP contribution < -0.4 is 0 Å². The highest BCUT2D eigenvalue weighted by atomic mass is 32.2. The van der Waals surface area contributed by atoms with Crippen LogP contribution in [-0.4, -0.2) is 16.8 Å². The van der Waals surface area contributed by atoms with Crippen LogP contribution in [0.2, 0.25) is 0 Å². The number of allylic oxidation sites excluding steroid dienone is 1. The van der Waals surface area contributed by atoms with E-state index in [4.69, 9.17) is 5.11 Å². The maximum Gasteiger partial charge on any atom is 0.328 e. The van der Waals surface area contributed by atoms with Crippen LogP contribution in [0.5, 0.6) is 0 Å². The van der Waals surface area contributed by atoms with E-state index in [1.54, 1.807) is 0 Å². The smallest absolute Gasteiger partial charge is 0.328 e. The van der Waals surface area contributed by atoms with Gasteiger partial charge in [-0.15, -0.1) is 11.8 Å². The van der Waals surface area contributed by atoms with Gasteiger partial charge >= 0.3 is 5.97 Å². The van der Waals surface area contributed by atoms with Gasteiger partial charge in [0.25, 0.3) is 0 Å². The number of thioether (sulfide) groups is 1. The lowest BCUT2D eigenvalue weighted by Gasteiger charge is -2.03. The van der Waals surface area contributed by atoms with E-state index in [9.17, 15) is 4.79 Å².